The summed E-state index contributed by atoms with van der Waals surface area (Å²) in [5.74, 6) is 0.831. The molecule has 0 bridgehead atoms. The summed E-state index contributed by atoms with van der Waals surface area (Å²) in [7, 11) is 0.0250. The molecule has 2 aromatic rings. The molecule has 2 heterocycles. The monoisotopic (exact) mass is 406 g/mol. The first kappa shape index (κ1) is 19.4. The molecule has 0 fully saturated rings. The van der Waals surface area contributed by atoms with Crippen LogP contribution < -0.4 is 14.8 Å². The topological polar surface area (TPSA) is 123 Å². The van der Waals surface area contributed by atoms with E-state index in [1.54, 1.807) is 25.1 Å². The molecule has 1 aromatic carbocycles. The van der Waals surface area contributed by atoms with Crippen LogP contribution >= 0.6 is 0 Å². The van der Waals surface area contributed by atoms with Crippen molar-refractivity contribution < 1.29 is 27.2 Å². The molecule has 0 atom stereocenters. The second-order valence-electron chi connectivity index (χ2n) is 5.79. The lowest BCUT2D eigenvalue weighted by atomic mass is 10.1. The van der Waals surface area contributed by atoms with E-state index in [1.165, 1.54) is 33.4 Å². The summed E-state index contributed by atoms with van der Waals surface area (Å²) in [6, 6.07) is 6.37. The number of aryl methyl sites for hydroxylation is 1. The Labute approximate surface area is 161 Å². The second-order valence-corrected chi connectivity index (χ2v) is 7.42. The summed E-state index contributed by atoms with van der Waals surface area (Å²) in [4.78, 5) is 12.7. The fourth-order valence-corrected chi connectivity index (χ4v) is 3.42. The van der Waals surface area contributed by atoms with Gasteiger partial charge in [0, 0.05) is 18.7 Å². The van der Waals surface area contributed by atoms with Crippen molar-refractivity contribution in [3.63, 3.8) is 0 Å². The fraction of sp³-hybridized carbons (Fsp3) is 0.235. The van der Waals surface area contributed by atoms with E-state index in [0.29, 0.717) is 22.8 Å². The molecule has 0 saturated carbocycles. The number of carbonyl (C=O) groups excluding carboxylic acids is 1. The van der Waals surface area contributed by atoms with Gasteiger partial charge in [-0.2, -0.15) is 8.42 Å². The van der Waals surface area contributed by atoms with Gasteiger partial charge < -0.3 is 19.3 Å². The summed E-state index contributed by atoms with van der Waals surface area (Å²) in [6.45, 7) is 1.67. The van der Waals surface area contributed by atoms with Gasteiger partial charge in [0.15, 0.2) is 5.82 Å². The summed E-state index contributed by atoms with van der Waals surface area (Å²) < 4.78 is 44.9. The molecule has 1 N–H and O–H groups in total. The van der Waals surface area contributed by atoms with Gasteiger partial charge >= 0.3 is 10.2 Å². The van der Waals surface area contributed by atoms with Gasteiger partial charge in [-0.3, -0.25) is 4.79 Å². The number of carbonyl (C=O) groups is 1. The van der Waals surface area contributed by atoms with Crippen molar-refractivity contribution in [1.82, 2.24) is 9.46 Å². The number of aromatic nitrogens is 1. The maximum absolute atomic E-state index is 12.7. The Morgan fingerprint density at radius 1 is 1.21 bits per heavy atom. The summed E-state index contributed by atoms with van der Waals surface area (Å²) in [5, 5.41) is 6.17. The average molecular weight is 406 g/mol. The minimum absolute atomic E-state index is 0.0373. The predicted octanol–water partition coefficient (Wildman–Crippen LogP) is 1.50. The van der Waals surface area contributed by atoms with Crippen LogP contribution in [0.1, 0.15) is 11.3 Å². The number of hydrogen-bond acceptors (Lipinski definition) is 7. The molecule has 0 saturated heterocycles. The maximum Gasteiger partial charge on any atom is 0.345 e. The van der Waals surface area contributed by atoms with Crippen LogP contribution in [0.15, 0.2) is 45.0 Å². The maximum atomic E-state index is 12.7. The Morgan fingerprint density at radius 2 is 1.96 bits per heavy atom. The first-order valence-corrected chi connectivity index (χ1v) is 9.42. The zero-order valence-electron chi connectivity index (χ0n) is 15.6. The first-order chi connectivity index (χ1) is 13.2. The summed E-state index contributed by atoms with van der Waals surface area (Å²) in [5.41, 5.74) is 0.256. The van der Waals surface area contributed by atoms with E-state index >= 15 is 0 Å². The molecular weight excluding hydrogens is 388 g/mol. The van der Waals surface area contributed by atoms with E-state index in [-0.39, 0.29) is 17.2 Å². The highest BCUT2D eigenvalue weighted by molar-refractivity contribution is 7.88. The molecule has 1 aliphatic rings. The molecule has 0 spiro atoms. The Balaban J connectivity index is 2.05. The molecule has 1 aromatic heterocycles. The van der Waals surface area contributed by atoms with Crippen LogP contribution in [-0.4, -0.2) is 50.8 Å². The smallest absolute Gasteiger partial charge is 0.345 e. The van der Waals surface area contributed by atoms with Gasteiger partial charge in [0.05, 0.1) is 19.9 Å². The fourth-order valence-electron chi connectivity index (χ4n) is 2.51. The number of hydrogen-bond donors (Lipinski definition) is 1. The molecule has 0 radical (unpaired) electrons. The highest BCUT2D eigenvalue weighted by Gasteiger charge is 2.31. The molecule has 0 aliphatic carbocycles. The molecule has 11 heteroatoms. The third-order valence-electron chi connectivity index (χ3n) is 3.96. The van der Waals surface area contributed by atoms with Gasteiger partial charge in [0.2, 0.25) is 0 Å². The number of methoxy groups -OCH3 is 2. The lowest BCUT2D eigenvalue weighted by Crippen LogP contribution is -2.35. The third kappa shape index (κ3) is 3.69. The van der Waals surface area contributed by atoms with Crippen LogP contribution in [0.4, 0.5) is 5.82 Å². The molecule has 148 valence electrons. The van der Waals surface area contributed by atoms with Crippen molar-refractivity contribution in [1.29, 1.82) is 0 Å². The first-order valence-electron chi connectivity index (χ1n) is 8.02. The van der Waals surface area contributed by atoms with Gasteiger partial charge in [-0.25, -0.2) is 4.31 Å². The largest absolute Gasteiger partial charge is 0.497 e. The molecule has 10 nitrogen and oxygen atoms in total. The Kier molecular flexibility index (Phi) is 5.10. The lowest BCUT2D eigenvalue weighted by Gasteiger charge is -2.23. The Bertz CT molecular complexity index is 1090. The van der Waals surface area contributed by atoms with Gasteiger partial charge in [-0.05, 0) is 31.2 Å². The van der Waals surface area contributed by atoms with Crippen molar-refractivity contribution in [2.45, 2.75) is 6.92 Å². The summed E-state index contributed by atoms with van der Waals surface area (Å²) >= 11 is 0. The average Bonchev–Trinajstić information content (AvgIpc) is 3.07. The van der Waals surface area contributed by atoms with Crippen molar-refractivity contribution in [2.24, 2.45) is 4.40 Å². The van der Waals surface area contributed by atoms with Gasteiger partial charge in [0.25, 0.3) is 5.91 Å². The zero-order valence-corrected chi connectivity index (χ0v) is 16.4. The number of nitrogens with one attached hydrogen (secondary N) is 1. The standard InChI is InChI=1S/C17H18N4O6S/c1-10-7-16(19-27-10)18-17(22)14-9-13(20-28(23,24)21(14)2)12-8-11(25-3)5-6-15(12)26-4/h5-9H,1-4H3,(H,18,19,22). The Hall–Kier alpha value is -3.34. The van der Waals surface area contributed by atoms with Crippen molar-refractivity contribution in [2.75, 3.05) is 26.6 Å². The molecule has 28 heavy (non-hydrogen) atoms. The number of benzene rings is 1. The number of rotatable bonds is 5. The lowest BCUT2D eigenvalue weighted by molar-refractivity contribution is -0.113. The number of ether oxygens (including phenoxy) is 2. The van der Waals surface area contributed by atoms with E-state index in [1.807, 2.05) is 0 Å². The highest BCUT2D eigenvalue weighted by atomic mass is 32.2. The summed E-state index contributed by atoms with van der Waals surface area (Å²) in [6.07, 6.45) is 1.35. The molecule has 1 amide bonds. The van der Waals surface area contributed by atoms with E-state index in [0.717, 1.165) is 4.31 Å². The Morgan fingerprint density at radius 3 is 2.57 bits per heavy atom. The number of amides is 1. The van der Waals surface area contributed by atoms with E-state index < -0.39 is 16.1 Å². The highest BCUT2D eigenvalue weighted by Crippen LogP contribution is 2.29. The number of likely N-dealkylation sites (N-methyl/N-ethyl adjacent to an activating group) is 1. The second kappa shape index (κ2) is 7.35. The van der Waals surface area contributed by atoms with Gasteiger partial charge in [0.1, 0.15) is 23.0 Å². The van der Waals surface area contributed by atoms with Crippen molar-refractivity contribution in [3.8, 4) is 11.5 Å². The van der Waals surface area contributed by atoms with E-state index in [2.05, 4.69) is 14.9 Å². The number of anilines is 1. The SMILES string of the molecule is COc1ccc(OC)c(C2=NS(=O)(=O)N(C)C(C(=O)Nc3cc(C)on3)=C2)c1. The van der Waals surface area contributed by atoms with Crippen molar-refractivity contribution in [3.05, 3.63) is 47.4 Å². The van der Waals surface area contributed by atoms with E-state index in [4.69, 9.17) is 14.0 Å². The quantitative estimate of drug-likeness (QED) is 0.798. The molecule has 0 unspecified atom stereocenters. The number of nitrogens with zero attached hydrogens (tertiary/aromatic N) is 3. The predicted molar refractivity (Wildman–Crippen MR) is 101 cm³/mol. The molecular formula is C17H18N4O6S. The van der Waals surface area contributed by atoms with Gasteiger partial charge in [-0.15, -0.1) is 4.40 Å². The van der Waals surface area contributed by atoms with Crippen LogP contribution in [0.2, 0.25) is 0 Å². The van der Waals surface area contributed by atoms with Crippen LogP contribution in [0.5, 0.6) is 11.5 Å². The zero-order chi connectivity index (χ0) is 20.5. The molecule has 3 rings (SSSR count). The number of allylic oxidation sites excluding steroid dienone is 1. The van der Waals surface area contributed by atoms with Crippen LogP contribution in [-0.2, 0) is 15.0 Å². The van der Waals surface area contributed by atoms with Crippen LogP contribution in [0, 0.1) is 6.92 Å². The van der Waals surface area contributed by atoms with Crippen molar-refractivity contribution >= 4 is 27.6 Å². The molecule has 1 aliphatic heterocycles. The third-order valence-corrected chi connectivity index (χ3v) is 5.27. The minimum Gasteiger partial charge on any atom is -0.497 e. The van der Waals surface area contributed by atoms with Crippen LogP contribution in [0.3, 0.4) is 0 Å². The van der Waals surface area contributed by atoms with E-state index in [9.17, 15) is 13.2 Å². The van der Waals surface area contributed by atoms with Gasteiger partial charge in [-0.1, -0.05) is 5.16 Å². The minimum atomic E-state index is -4.13. The normalized spacial score (nSPS) is 15.5. The van der Waals surface area contributed by atoms with Crippen LogP contribution in [0.25, 0.3) is 0 Å².